The zero-order chi connectivity index (χ0) is 23.4. The maximum atomic E-state index is 12.9. The molecule has 0 radical (unpaired) electrons. The maximum absolute atomic E-state index is 12.9. The van der Waals surface area contributed by atoms with Gasteiger partial charge in [-0.15, -0.1) is 22.7 Å². The Balaban J connectivity index is 1.47. The van der Waals surface area contributed by atoms with E-state index in [-0.39, 0.29) is 5.91 Å². The summed E-state index contributed by atoms with van der Waals surface area (Å²) in [5.74, 6) is -0.679. The SMILES string of the molecule is CS(=O)(=O)Nc1ccc(-c2csc(NC(=O)c3ccccc3NC(=O)c3cccs3)n2)cc1. The van der Waals surface area contributed by atoms with Gasteiger partial charge in [0.2, 0.25) is 10.0 Å². The van der Waals surface area contributed by atoms with E-state index in [2.05, 4.69) is 20.3 Å². The van der Waals surface area contributed by atoms with E-state index in [0.29, 0.717) is 32.6 Å². The van der Waals surface area contributed by atoms with Gasteiger partial charge in [-0.25, -0.2) is 13.4 Å². The molecule has 4 rings (SSSR count). The summed E-state index contributed by atoms with van der Waals surface area (Å²) in [6.07, 6.45) is 1.09. The predicted octanol–water partition coefficient (Wildman–Crippen LogP) is 4.75. The Morgan fingerprint density at radius 3 is 2.33 bits per heavy atom. The summed E-state index contributed by atoms with van der Waals surface area (Å²) in [7, 11) is -3.35. The highest BCUT2D eigenvalue weighted by molar-refractivity contribution is 7.92. The molecule has 0 bridgehead atoms. The molecule has 0 aliphatic rings. The number of thiophene rings is 1. The Bertz CT molecular complexity index is 1400. The van der Waals surface area contributed by atoms with Gasteiger partial charge in [0.25, 0.3) is 11.8 Å². The second-order valence-electron chi connectivity index (χ2n) is 6.92. The van der Waals surface area contributed by atoms with E-state index in [4.69, 9.17) is 0 Å². The zero-order valence-corrected chi connectivity index (χ0v) is 19.7. The van der Waals surface area contributed by atoms with Crippen LogP contribution in [0, 0.1) is 0 Å². The van der Waals surface area contributed by atoms with E-state index >= 15 is 0 Å². The largest absolute Gasteiger partial charge is 0.321 e. The highest BCUT2D eigenvalue weighted by atomic mass is 32.2. The van der Waals surface area contributed by atoms with Gasteiger partial charge in [-0.2, -0.15) is 0 Å². The predicted molar refractivity (Wildman–Crippen MR) is 133 cm³/mol. The molecule has 2 heterocycles. The third-order valence-corrected chi connectivity index (χ3v) is 6.61. The van der Waals surface area contributed by atoms with Crippen molar-refractivity contribution in [2.75, 3.05) is 21.6 Å². The molecular formula is C22H18N4O4S3. The molecule has 2 aromatic carbocycles. The van der Waals surface area contributed by atoms with Crippen molar-refractivity contribution in [3.63, 3.8) is 0 Å². The van der Waals surface area contributed by atoms with Crippen LogP contribution in [0.3, 0.4) is 0 Å². The number of nitrogens with one attached hydrogen (secondary N) is 3. The number of amides is 2. The molecule has 2 amide bonds. The monoisotopic (exact) mass is 498 g/mol. The number of carbonyl (C=O) groups excluding carboxylic acids is 2. The molecule has 33 heavy (non-hydrogen) atoms. The van der Waals surface area contributed by atoms with Crippen LogP contribution >= 0.6 is 22.7 Å². The normalized spacial score (nSPS) is 11.1. The Labute approximate surface area is 198 Å². The average molecular weight is 499 g/mol. The molecule has 0 fully saturated rings. The van der Waals surface area contributed by atoms with E-state index in [9.17, 15) is 18.0 Å². The molecular weight excluding hydrogens is 480 g/mol. The van der Waals surface area contributed by atoms with Crippen molar-refractivity contribution in [1.29, 1.82) is 0 Å². The van der Waals surface area contributed by atoms with Gasteiger partial charge >= 0.3 is 0 Å². The molecule has 168 valence electrons. The second-order valence-corrected chi connectivity index (χ2v) is 10.5. The van der Waals surface area contributed by atoms with E-state index < -0.39 is 15.9 Å². The van der Waals surface area contributed by atoms with Gasteiger partial charge in [0.05, 0.1) is 28.1 Å². The number of hydrogen-bond donors (Lipinski definition) is 3. The first-order valence-corrected chi connectivity index (χ1v) is 13.2. The lowest BCUT2D eigenvalue weighted by Gasteiger charge is -2.10. The van der Waals surface area contributed by atoms with Crippen LogP contribution in [-0.4, -0.2) is 31.5 Å². The Morgan fingerprint density at radius 1 is 0.879 bits per heavy atom. The van der Waals surface area contributed by atoms with Crippen LogP contribution in [0.1, 0.15) is 20.0 Å². The fourth-order valence-corrected chi connectivity index (χ4v) is 4.83. The van der Waals surface area contributed by atoms with Crippen molar-refractivity contribution < 1.29 is 18.0 Å². The number of nitrogens with zero attached hydrogens (tertiary/aromatic N) is 1. The first-order valence-electron chi connectivity index (χ1n) is 9.57. The third kappa shape index (κ3) is 5.83. The number of hydrogen-bond acceptors (Lipinski definition) is 7. The molecule has 0 saturated carbocycles. The number of rotatable bonds is 7. The zero-order valence-electron chi connectivity index (χ0n) is 17.2. The van der Waals surface area contributed by atoms with E-state index in [1.807, 2.05) is 5.38 Å². The topological polar surface area (TPSA) is 117 Å². The van der Waals surface area contributed by atoms with Crippen LogP contribution in [0.15, 0.2) is 71.4 Å². The lowest BCUT2D eigenvalue weighted by Crippen LogP contribution is -2.17. The number of carbonyl (C=O) groups is 2. The summed E-state index contributed by atoms with van der Waals surface area (Å²) in [6.45, 7) is 0. The summed E-state index contributed by atoms with van der Waals surface area (Å²) in [5, 5.41) is 9.54. The molecule has 0 unspecified atom stereocenters. The van der Waals surface area contributed by atoms with Crippen LogP contribution in [0.5, 0.6) is 0 Å². The highest BCUT2D eigenvalue weighted by Gasteiger charge is 2.16. The third-order valence-electron chi connectivity index (χ3n) is 4.37. The molecule has 0 spiro atoms. The van der Waals surface area contributed by atoms with Crippen LogP contribution in [-0.2, 0) is 10.0 Å². The first-order chi connectivity index (χ1) is 15.8. The summed E-state index contributed by atoms with van der Waals surface area (Å²) in [5.41, 5.74) is 2.58. The molecule has 0 aliphatic carbocycles. The summed E-state index contributed by atoms with van der Waals surface area (Å²) in [6, 6.07) is 17.0. The second kappa shape index (κ2) is 9.53. The fourth-order valence-electron chi connectivity index (χ4n) is 2.93. The quantitative estimate of drug-likeness (QED) is 0.340. The Morgan fingerprint density at radius 2 is 1.64 bits per heavy atom. The number of sulfonamides is 1. The van der Waals surface area contributed by atoms with Gasteiger partial charge in [-0.3, -0.25) is 19.6 Å². The summed E-state index contributed by atoms with van der Waals surface area (Å²) < 4.78 is 25.1. The van der Waals surface area contributed by atoms with E-state index in [1.54, 1.807) is 66.0 Å². The van der Waals surface area contributed by atoms with Crippen molar-refractivity contribution >= 4 is 61.0 Å². The summed E-state index contributed by atoms with van der Waals surface area (Å²) >= 11 is 2.58. The number of benzene rings is 2. The lowest BCUT2D eigenvalue weighted by atomic mass is 10.1. The van der Waals surface area contributed by atoms with Crippen LogP contribution in [0.4, 0.5) is 16.5 Å². The minimum atomic E-state index is -3.35. The molecule has 2 aromatic heterocycles. The highest BCUT2D eigenvalue weighted by Crippen LogP contribution is 2.27. The molecule has 0 saturated heterocycles. The maximum Gasteiger partial charge on any atom is 0.265 e. The molecule has 8 nitrogen and oxygen atoms in total. The number of anilines is 3. The first kappa shape index (κ1) is 22.6. The van der Waals surface area contributed by atoms with Crippen molar-refractivity contribution in [3.05, 3.63) is 81.9 Å². The van der Waals surface area contributed by atoms with Crippen LogP contribution < -0.4 is 15.4 Å². The Kier molecular flexibility index (Phi) is 6.54. The van der Waals surface area contributed by atoms with Crippen molar-refractivity contribution in [2.45, 2.75) is 0 Å². The van der Waals surface area contributed by atoms with Crippen molar-refractivity contribution in [2.24, 2.45) is 0 Å². The molecule has 11 heteroatoms. The molecule has 0 aliphatic heterocycles. The van der Waals surface area contributed by atoms with Crippen molar-refractivity contribution in [3.8, 4) is 11.3 Å². The Hall–Kier alpha value is -3.54. The van der Waals surface area contributed by atoms with Gasteiger partial charge < -0.3 is 5.32 Å². The lowest BCUT2D eigenvalue weighted by molar-refractivity contribution is 0.102. The smallest absolute Gasteiger partial charge is 0.265 e. The van der Waals surface area contributed by atoms with E-state index in [1.165, 1.54) is 22.7 Å². The minimum absolute atomic E-state index is 0.282. The van der Waals surface area contributed by atoms with Crippen LogP contribution in [0.2, 0.25) is 0 Å². The number of thiazole rings is 1. The van der Waals surface area contributed by atoms with Gasteiger partial charge in [-0.1, -0.05) is 30.3 Å². The standard InChI is InChI=1S/C22H18N4O4S3/c1-33(29,30)26-15-10-8-14(9-11-15)18-13-32-22(24-18)25-20(27)16-5-2-3-6-17(16)23-21(28)19-7-4-12-31-19/h2-13,26H,1H3,(H,23,28)(H,24,25,27). The number of para-hydroxylation sites is 1. The van der Waals surface area contributed by atoms with Gasteiger partial charge in [0.15, 0.2) is 5.13 Å². The fraction of sp³-hybridized carbons (Fsp3) is 0.0455. The molecule has 4 aromatic rings. The van der Waals surface area contributed by atoms with Crippen molar-refractivity contribution in [1.82, 2.24) is 4.98 Å². The van der Waals surface area contributed by atoms with E-state index in [0.717, 1.165) is 11.8 Å². The molecule has 0 atom stereocenters. The number of aromatic nitrogens is 1. The van der Waals surface area contributed by atoms with Crippen LogP contribution in [0.25, 0.3) is 11.3 Å². The molecule has 3 N–H and O–H groups in total. The minimum Gasteiger partial charge on any atom is -0.321 e. The van der Waals surface area contributed by atoms with Gasteiger partial charge in [0.1, 0.15) is 0 Å². The van der Waals surface area contributed by atoms with Gasteiger partial charge in [0, 0.05) is 16.6 Å². The average Bonchev–Trinajstić information content (AvgIpc) is 3.46. The van der Waals surface area contributed by atoms with Gasteiger partial charge in [-0.05, 0) is 35.7 Å². The summed E-state index contributed by atoms with van der Waals surface area (Å²) in [4.78, 5) is 30.2.